The molecule has 0 saturated carbocycles. The van der Waals surface area contributed by atoms with Gasteiger partial charge in [-0.25, -0.2) is 0 Å². The summed E-state index contributed by atoms with van der Waals surface area (Å²) in [6.45, 7) is 4.49. The van der Waals surface area contributed by atoms with Crippen LogP contribution in [0.3, 0.4) is 0 Å². The van der Waals surface area contributed by atoms with E-state index in [2.05, 4.69) is 6.92 Å². The van der Waals surface area contributed by atoms with Gasteiger partial charge in [0.25, 0.3) is 0 Å². The summed E-state index contributed by atoms with van der Waals surface area (Å²) in [7, 11) is 1.93. The summed E-state index contributed by atoms with van der Waals surface area (Å²) in [5.41, 5.74) is 0.448. The minimum Gasteiger partial charge on any atom is -0.400 e. The molecule has 1 saturated heterocycles. The molecule has 0 aliphatic carbocycles. The van der Waals surface area contributed by atoms with Crippen LogP contribution in [-0.4, -0.2) is 49.4 Å². The van der Waals surface area contributed by atoms with Crippen LogP contribution >= 0.6 is 0 Å². The Kier molecular flexibility index (Phi) is 6.43. The molecular formula is C10H22O4Si. The van der Waals surface area contributed by atoms with Crippen LogP contribution < -0.4 is 0 Å². The van der Waals surface area contributed by atoms with Gasteiger partial charge in [0.05, 0.1) is 19.8 Å². The van der Waals surface area contributed by atoms with Crippen molar-refractivity contribution in [3.05, 3.63) is 0 Å². The van der Waals surface area contributed by atoms with Crippen LogP contribution in [-0.2, 0) is 18.3 Å². The summed E-state index contributed by atoms with van der Waals surface area (Å²) < 4.78 is 21.5. The predicted octanol–water partition coefficient (Wildman–Crippen LogP) is 1.09. The second-order valence-corrected chi connectivity index (χ2v) is 6.50. The van der Waals surface area contributed by atoms with Gasteiger partial charge in [0, 0.05) is 19.8 Å². The zero-order valence-corrected chi connectivity index (χ0v) is 11.1. The number of epoxide rings is 1. The van der Waals surface area contributed by atoms with Crippen molar-refractivity contribution >= 4 is 9.28 Å². The van der Waals surface area contributed by atoms with E-state index in [1.165, 1.54) is 0 Å². The zero-order valence-electron chi connectivity index (χ0n) is 9.90. The van der Waals surface area contributed by atoms with Crippen LogP contribution in [0.5, 0.6) is 0 Å². The molecule has 0 amide bonds. The molecule has 1 heterocycles. The first-order valence-electron chi connectivity index (χ1n) is 5.56. The molecule has 1 fully saturated rings. The van der Waals surface area contributed by atoms with Gasteiger partial charge in [-0.15, -0.1) is 0 Å². The molecule has 90 valence electrons. The molecule has 0 bridgehead atoms. The number of ether oxygens (including phenoxy) is 2. The minimum atomic E-state index is -1.53. The molecular weight excluding hydrogens is 212 g/mol. The molecule has 0 aromatic carbocycles. The van der Waals surface area contributed by atoms with Crippen LogP contribution in [0, 0.1) is 0 Å². The maximum Gasteiger partial charge on any atom is 0.326 e. The number of hydrogen-bond donors (Lipinski definition) is 0. The summed E-state index contributed by atoms with van der Waals surface area (Å²) in [5, 5.41) is 0. The lowest BCUT2D eigenvalue weighted by Gasteiger charge is -2.22. The Balaban J connectivity index is 2.20. The number of hydrogen-bond acceptors (Lipinski definition) is 4. The highest BCUT2D eigenvalue weighted by molar-refractivity contribution is 6.46. The van der Waals surface area contributed by atoms with E-state index in [0.717, 1.165) is 32.7 Å². The van der Waals surface area contributed by atoms with Crippen molar-refractivity contribution in [2.75, 3.05) is 34.0 Å². The number of rotatable bonds is 9. The topological polar surface area (TPSA) is 40.2 Å². The van der Waals surface area contributed by atoms with Crippen molar-refractivity contribution in [1.82, 2.24) is 0 Å². The van der Waals surface area contributed by atoms with E-state index >= 15 is 0 Å². The van der Waals surface area contributed by atoms with Crippen molar-refractivity contribution in [2.45, 2.75) is 31.4 Å². The highest BCUT2D eigenvalue weighted by Crippen LogP contribution is 2.20. The van der Waals surface area contributed by atoms with Crippen molar-refractivity contribution in [3.63, 3.8) is 0 Å². The van der Waals surface area contributed by atoms with Crippen LogP contribution in [0.25, 0.3) is 0 Å². The van der Waals surface area contributed by atoms with E-state index in [1.807, 2.05) is 0 Å². The summed E-state index contributed by atoms with van der Waals surface area (Å²) in [6.07, 6.45) is 2.60. The second kappa shape index (κ2) is 7.35. The summed E-state index contributed by atoms with van der Waals surface area (Å²) in [4.78, 5) is 0. The Morgan fingerprint density at radius 3 is 2.53 bits per heavy atom. The lowest BCUT2D eigenvalue weighted by Crippen LogP contribution is -2.29. The smallest absolute Gasteiger partial charge is 0.326 e. The standard InChI is InChI=1S/C10H22O4Si/c1-4-5-10(15(11-2)12-3)8-13-6-9-7-14-9/h9-10,15H,4-8H2,1-3H3. The zero-order chi connectivity index (χ0) is 11.1. The first-order chi connectivity index (χ1) is 7.31. The van der Waals surface area contributed by atoms with Crippen LogP contribution in [0.1, 0.15) is 19.8 Å². The van der Waals surface area contributed by atoms with Crippen molar-refractivity contribution in [1.29, 1.82) is 0 Å². The normalized spacial score (nSPS) is 22.0. The largest absolute Gasteiger partial charge is 0.400 e. The molecule has 2 atom stereocenters. The van der Waals surface area contributed by atoms with E-state index in [1.54, 1.807) is 14.2 Å². The third kappa shape index (κ3) is 5.08. The van der Waals surface area contributed by atoms with Crippen LogP contribution in [0.15, 0.2) is 0 Å². The Hall–Kier alpha value is 0.0569. The van der Waals surface area contributed by atoms with Gasteiger partial charge in [0.1, 0.15) is 6.10 Å². The average molecular weight is 234 g/mol. The molecule has 1 aliphatic rings. The van der Waals surface area contributed by atoms with Gasteiger partial charge in [-0.05, 0) is 6.42 Å². The molecule has 1 rings (SSSR count). The minimum absolute atomic E-state index is 0.345. The maximum absolute atomic E-state index is 5.61. The monoisotopic (exact) mass is 234 g/mol. The fourth-order valence-electron chi connectivity index (χ4n) is 1.67. The van der Waals surface area contributed by atoms with Crippen LogP contribution in [0.4, 0.5) is 0 Å². The predicted molar refractivity (Wildman–Crippen MR) is 60.4 cm³/mol. The SMILES string of the molecule is CCCC(COCC1CO1)[SiH](OC)OC. The van der Waals surface area contributed by atoms with Gasteiger partial charge in [-0.3, -0.25) is 0 Å². The molecule has 15 heavy (non-hydrogen) atoms. The first-order valence-corrected chi connectivity index (χ1v) is 7.17. The van der Waals surface area contributed by atoms with Gasteiger partial charge in [-0.1, -0.05) is 13.3 Å². The Morgan fingerprint density at radius 1 is 1.40 bits per heavy atom. The Bertz CT molecular complexity index is 160. The fourth-order valence-corrected chi connectivity index (χ4v) is 3.53. The Morgan fingerprint density at radius 2 is 2.07 bits per heavy atom. The van der Waals surface area contributed by atoms with E-state index in [-0.39, 0.29) is 0 Å². The molecule has 0 aromatic heterocycles. The highest BCUT2D eigenvalue weighted by Gasteiger charge is 2.26. The Labute approximate surface area is 93.7 Å². The lowest BCUT2D eigenvalue weighted by atomic mass is 10.2. The molecule has 0 aromatic rings. The average Bonchev–Trinajstić information content (AvgIpc) is 3.03. The highest BCUT2D eigenvalue weighted by atomic mass is 28.3. The second-order valence-electron chi connectivity index (χ2n) is 3.88. The molecule has 0 radical (unpaired) electrons. The summed E-state index contributed by atoms with van der Waals surface area (Å²) in [6, 6.07) is 0. The van der Waals surface area contributed by atoms with Crippen LogP contribution in [0.2, 0.25) is 5.54 Å². The first kappa shape index (κ1) is 13.1. The molecule has 4 nitrogen and oxygen atoms in total. The van der Waals surface area contributed by atoms with Gasteiger partial charge < -0.3 is 18.3 Å². The van der Waals surface area contributed by atoms with Gasteiger partial charge in [-0.2, -0.15) is 0 Å². The van der Waals surface area contributed by atoms with Crippen molar-refractivity contribution < 1.29 is 18.3 Å². The van der Waals surface area contributed by atoms with Crippen molar-refractivity contribution in [3.8, 4) is 0 Å². The quantitative estimate of drug-likeness (QED) is 0.442. The summed E-state index contributed by atoms with van der Waals surface area (Å²) >= 11 is 0. The van der Waals surface area contributed by atoms with Gasteiger partial charge >= 0.3 is 9.28 Å². The van der Waals surface area contributed by atoms with E-state index in [0.29, 0.717) is 11.6 Å². The lowest BCUT2D eigenvalue weighted by molar-refractivity contribution is 0.103. The summed E-state index contributed by atoms with van der Waals surface area (Å²) in [5.74, 6) is 0. The third-order valence-electron chi connectivity index (χ3n) is 2.55. The van der Waals surface area contributed by atoms with E-state index < -0.39 is 9.28 Å². The molecule has 0 N–H and O–H groups in total. The van der Waals surface area contributed by atoms with Gasteiger partial charge in [0.2, 0.25) is 0 Å². The van der Waals surface area contributed by atoms with Gasteiger partial charge in [0.15, 0.2) is 0 Å². The molecule has 0 spiro atoms. The third-order valence-corrected chi connectivity index (χ3v) is 4.77. The van der Waals surface area contributed by atoms with E-state index in [9.17, 15) is 0 Å². The molecule has 5 heteroatoms. The fraction of sp³-hybridized carbons (Fsp3) is 1.00. The van der Waals surface area contributed by atoms with Crippen molar-refractivity contribution in [2.24, 2.45) is 0 Å². The van der Waals surface area contributed by atoms with E-state index in [4.69, 9.17) is 18.3 Å². The maximum atomic E-state index is 5.61. The molecule has 1 aliphatic heterocycles. The molecule has 2 unspecified atom stereocenters.